The fraction of sp³-hybridized carbons (Fsp3) is 0.158. The zero-order chi connectivity index (χ0) is 18.7. The lowest BCUT2D eigenvalue weighted by atomic mass is 10.1. The van der Waals surface area contributed by atoms with Crippen molar-refractivity contribution in [3.05, 3.63) is 77.8 Å². The second-order valence-electron chi connectivity index (χ2n) is 5.88. The zero-order valence-corrected chi connectivity index (χ0v) is 14.8. The Balaban J connectivity index is 1.69. The SMILES string of the molecule is Cc1cc(F)ccc1S(=O)(=O)NC[C@@H](O)c1ccc(-c2ccco2)cc1. The van der Waals surface area contributed by atoms with Gasteiger partial charge in [-0.1, -0.05) is 24.3 Å². The first-order chi connectivity index (χ1) is 12.4. The highest BCUT2D eigenvalue weighted by molar-refractivity contribution is 7.89. The first-order valence-corrected chi connectivity index (χ1v) is 9.43. The van der Waals surface area contributed by atoms with Gasteiger partial charge in [0.1, 0.15) is 11.6 Å². The highest BCUT2D eigenvalue weighted by Gasteiger charge is 2.19. The average Bonchev–Trinajstić information content (AvgIpc) is 3.14. The largest absolute Gasteiger partial charge is 0.464 e. The molecule has 7 heteroatoms. The van der Waals surface area contributed by atoms with Crippen molar-refractivity contribution < 1.29 is 22.3 Å². The summed E-state index contributed by atoms with van der Waals surface area (Å²) in [6, 6.07) is 14.0. The van der Waals surface area contributed by atoms with E-state index in [1.807, 2.05) is 6.07 Å². The van der Waals surface area contributed by atoms with E-state index in [1.54, 1.807) is 36.6 Å². The number of hydrogen-bond donors (Lipinski definition) is 2. The molecule has 0 radical (unpaired) electrons. The van der Waals surface area contributed by atoms with Crippen molar-refractivity contribution in [2.24, 2.45) is 0 Å². The summed E-state index contributed by atoms with van der Waals surface area (Å²) in [6.45, 7) is 1.32. The number of aliphatic hydroxyl groups is 1. The Morgan fingerprint density at radius 2 is 1.88 bits per heavy atom. The molecule has 2 aromatic carbocycles. The second-order valence-corrected chi connectivity index (χ2v) is 7.61. The average molecular weight is 375 g/mol. The fourth-order valence-electron chi connectivity index (χ4n) is 2.61. The molecule has 2 N–H and O–H groups in total. The van der Waals surface area contributed by atoms with Crippen LogP contribution in [0.2, 0.25) is 0 Å². The number of aryl methyl sites for hydroxylation is 1. The Kier molecular flexibility index (Phi) is 5.22. The molecule has 3 aromatic rings. The maximum atomic E-state index is 13.1. The maximum Gasteiger partial charge on any atom is 0.240 e. The highest BCUT2D eigenvalue weighted by atomic mass is 32.2. The maximum absolute atomic E-state index is 13.1. The Morgan fingerprint density at radius 1 is 1.15 bits per heavy atom. The molecule has 0 aliphatic carbocycles. The van der Waals surface area contributed by atoms with Gasteiger partial charge < -0.3 is 9.52 Å². The third-order valence-electron chi connectivity index (χ3n) is 3.99. The van der Waals surface area contributed by atoms with E-state index in [0.717, 1.165) is 17.7 Å². The van der Waals surface area contributed by atoms with Crippen LogP contribution < -0.4 is 4.72 Å². The summed E-state index contributed by atoms with van der Waals surface area (Å²) in [7, 11) is -3.85. The summed E-state index contributed by atoms with van der Waals surface area (Å²) < 4.78 is 45.5. The number of furan rings is 1. The van der Waals surface area contributed by atoms with Gasteiger partial charge in [0, 0.05) is 12.1 Å². The van der Waals surface area contributed by atoms with E-state index in [-0.39, 0.29) is 11.4 Å². The minimum atomic E-state index is -3.85. The fourth-order valence-corrected chi connectivity index (χ4v) is 3.87. The van der Waals surface area contributed by atoms with E-state index >= 15 is 0 Å². The monoisotopic (exact) mass is 375 g/mol. The smallest absolute Gasteiger partial charge is 0.240 e. The van der Waals surface area contributed by atoms with Gasteiger partial charge in [-0.3, -0.25) is 0 Å². The Hall–Kier alpha value is -2.48. The van der Waals surface area contributed by atoms with Gasteiger partial charge >= 0.3 is 0 Å². The third-order valence-corrected chi connectivity index (χ3v) is 5.58. The predicted octanol–water partition coefficient (Wildman–Crippen LogP) is 3.41. The van der Waals surface area contributed by atoms with Crippen LogP contribution >= 0.6 is 0 Å². The molecule has 0 saturated heterocycles. The van der Waals surface area contributed by atoms with Crippen LogP contribution in [-0.4, -0.2) is 20.1 Å². The van der Waals surface area contributed by atoms with E-state index in [2.05, 4.69) is 4.72 Å². The first kappa shape index (κ1) is 18.3. The molecule has 0 aliphatic rings. The van der Waals surface area contributed by atoms with Gasteiger partial charge in [-0.15, -0.1) is 0 Å². The second kappa shape index (κ2) is 7.41. The molecule has 5 nitrogen and oxygen atoms in total. The van der Waals surface area contributed by atoms with E-state index in [4.69, 9.17) is 4.42 Å². The van der Waals surface area contributed by atoms with Gasteiger partial charge in [0.15, 0.2) is 0 Å². The van der Waals surface area contributed by atoms with Gasteiger partial charge in [0.05, 0.1) is 17.3 Å². The van der Waals surface area contributed by atoms with Gasteiger partial charge in [0.2, 0.25) is 10.0 Å². The lowest BCUT2D eigenvalue weighted by Gasteiger charge is -2.14. The quantitative estimate of drug-likeness (QED) is 0.692. The number of halogens is 1. The summed E-state index contributed by atoms with van der Waals surface area (Å²) in [4.78, 5) is -0.0146. The standard InChI is InChI=1S/C19H18FNO4S/c1-13-11-16(20)8-9-19(13)26(23,24)21-12-17(22)14-4-6-15(7-5-14)18-3-2-10-25-18/h2-11,17,21-22H,12H2,1H3/t17-/m1/s1. The number of benzene rings is 2. The molecule has 0 aliphatic heterocycles. The van der Waals surface area contributed by atoms with Crippen molar-refractivity contribution in [1.82, 2.24) is 4.72 Å². The first-order valence-electron chi connectivity index (χ1n) is 7.94. The molecular weight excluding hydrogens is 357 g/mol. The predicted molar refractivity (Wildman–Crippen MR) is 95.4 cm³/mol. The van der Waals surface area contributed by atoms with Crippen molar-refractivity contribution in [2.75, 3.05) is 6.54 Å². The van der Waals surface area contributed by atoms with Crippen molar-refractivity contribution in [1.29, 1.82) is 0 Å². The molecule has 0 fully saturated rings. The van der Waals surface area contributed by atoms with Gasteiger partial charge in [0.25, 0.3) is 0 Å². The van der Waals surface area contributed by atoms with Crippen molar-refractivity contribution in [3.8, 4) is 11.3 Å². The van der Waals surface area contributed by atoms with Crippen LogP contribution in [0.1, 0.15) is 17.2 Å². The number of aliphatic hydroxyl groups excluding tert-OH is 1. The van der Waals surface area contributed by atoms with E-state index in [9.17, 15) is 17.9 Å². The summed E-state index contributed by atoms with van der Waals surface area (Å²) >= 11 is 0. The van der Waals surface area contributed by atoms with Crippen molar-refractivity contribution in [2.45, 2.75) is 17.9 Å². The number of sulfonamides is 1. The molecule has 0 spiro atoms. The van der Waals surface area contributed by atoms with E-state index in [1.165, 1.54) is 13.0 Å². The Morgan fingerprint density at radius 3 is 2.50 bits per heavy atom. The van der Waals surface area contributed by atoms with Crippen LogP contribution in [0.15, 0.2) is 70.2 Å². The van der Waals surface area contributed by atoms with Crippen LogP contribution in [-0.2, 0) is 10.0 Å². The molecule has 1 heterocycles. The lowest BCUT2D eigenvalue weighted by molar-refractivity contribution is 0.182. The minimum Gasteiger partial charge on any atom is -0.464 e. The van der Waals surface area contributed by atoms with Crippen molar-refractivity contribution in [3.63, 3.8) is 0 Å². The lowest BCUT2D eigenvalue weighted by Crippen LogP contribution is -2.29. The highest BCUT2D eigenvalue weighted by Crippen LogP contribution is 2.23. The molecular formula is C19H18FNO4S. The van der Waals surface area contributed by atoms with Gasteiger partial charge in [-0.05, 0) is 48.4 Å². The number of nitrogens with one attached hydrogen (secondary N) is 1. The molecule has 136 valence electrons. The molecule has 26 heavy (non-hydrogen) atoms. The Labute approximate surface area is 151 Å². The molecule has 0 unspecified atom stereocenters. The topological polar surface area (TPSA) is 79.5 Å². The number of hydrogen-bond acceptors (Lipinski definition) is 4. The van der Waals surface area contributed by atoms with Gasteiger partial charge in [-0.2, -0.15) is 0 Å². The van der Waals surface area contributed by atoms with Crippen LogP contribution in [0.4, 0.5) is 4.39 Å². The normalized spacial score (nSPS) is 12.9. The van der Waals surface area contributed by atoms with Crippen molar-refractivity contribution >= 4 is 10.0 Å². The minimum absolute atomic E-state index is 0.0146. The molecule has 3 rings (SSSR count). The molecule has 0 bridgehead atoms. The molecule has 1 aromatic heterocycles. The van der Waals surface area contributed by atoms with E-state index < -0.39 is 21.9 Å². The zero-order valence-electron chi connectivity index (χ0n) is 14.0. The number of rotatable bonds is 6. The molecule has 0 saturated carbocycles. The summed E-state index contributed by atoms with van der Waals surface area (Å²) in [5, 5.41) is 10.3. The summed E-state index contributed by atoms with van der Waals surface area (Å²) in [5.74, 6) is 0.205. The third kappa shape index (κ3) is 4.01. The molecule has 0 amide bonds. The van der Waals surface area contributed by atoms with Crippen LogP contribution in [0.3, 0.4) is 0 Å². The van der Waals surface area contributed by atoms with Crippen LogP contribution in [0.25, 0.3) is 11.3 Å². The van der Waals surface area contributed by atoms with Gasteiger partial charge in [-0.25, -0.2) is 17.5 Å². The summed E-state index contributed by atoms with van der Waals surface area (Å²) in [6.07, 6.45) is 0.556. The Bertz CT molecular complexity index is 983. The molecule has 1 atom stereocenters. The van der Waals surface area contributed by atoms with Crippen LogP contribution in [0, 0.1) is 12.7 Å². The van der Waals surface area contributed by atoms with Crippen LogP contribution in [0.5, 0.6) is 0 Å². The van der Waals surface area contributed by atoms with E-state index in [0.29, 0.717) is 16.9 Å². The summed E-state index contributed by atoms with van der Waals surface area (Å²) in [5.41, 5.74) is 1.72.